The molecule has 0 aliphatic carbocycles. The molecule has 0 N–H and O–H groups in total. The number of thioether (sulfide) groups is 1. The molecule has 2 atom stereocenters. The Morgan fingerprint density at radius 1 is 1.17 bits per heavy atom. The molecule has 1 aliphatic rings. The summed E-state index contributed by atoms with van der Waals surface area (Å²) in [5, 5.41) is 9.91. The Labute approximate surface area is 174 Å². The van der Waals surface area contributed by atoms with E-state index in [0.717, 1.165) is 24.8 Å². The van der Waals surface area contributed by atoms with Crippen LogP contribution in [0.2, 0.25) is 0 Å². The van der Waals surface area contributed by atoms with Crippen molar-refractivity contribution in [2.45, 2.75) is 70.2 Å². The fraction of sp³-hybridized carbons (Fsp3) is 0.524. The van der Waals surface area contributed by atoms with Crippen LogP contribution >= 0.6 is 11.8 Å². The van der Waals surface area contributed by atoms with E-state index >= 15 is 0 Å². The minimum atomic E-state index is -0.0501. The molecule has 7 nitrogen and oxygen atoms in total. The van der Waals surface area contributed by atoms with Crippen molar-refractivity contribution in [1.29, 1.82) is 0 Å². The van der Waals surface area contributed by atoms with Gasteiger partial charge in [0, 0.05) is 18.6 Å². The molecular weight excluding hydrogens is 386 g/mol. The largest absolute Gasteiger partial charge is 0.337 e. The zero-order chi connectivity index (χ0) is 20.5. The lowest BCUT2D eigenvalue weighted by molar-refractivity contribution is -0.134. The van der Waals surface area contributed by atoms with Crippen LogP contribution in [0, 0.1) is 0 Å². The van der Waals surface area contributed by atoms with Crippen LogP contribution in [-0.4, -0.2) is 47.8 Å². The molecule has 0 bridgehead atoms. The molecule has 2 aromatic heterocycles. The van der Waals surface area contributed by atoms with Crippen LogP contribution in [-0.2, 0) is 11.3 Å². The lowest BCUT2D eigenvalue weighted by atomic mass is 9.98. The lowest BCUT2D eigenvalue weighted by Crippen LogP contribution is -2.48. The maximum Gasteiger partial charge on any atom is 0.262 e. The second kappa shape index (κ2) is 8.18. The van der Waals surface area contributed by atoms with Crippen molar-refractivity contribution in [2.24, 2.45) is 0 Å². The number of fused-ring (bicyclic) bond motifs is 3. The van der Waals surface area contributed by atoms with E-state index in [1.54, 1.807) is 4.57 Å². The molecule has 0 unspecified atom stereocenters. The van der Waals surface area contributed by atoms with Gasteiger partial charge in [-0.3, -0.25) is 18.6 Å². The Hall–Kier alpha value is -2.35. The van der Waals surface area contributed by atoms with Gasteiger partial charge >= 0.3 is 0 Å². The average molecular weight is 414 g/mol. The molecule has 1 saturated heterocycles. The van der Waals surface area contributed by atoms with Crippen LogP contribution in [0.5, 0.6) is 0 Å². The molecule has 3 aromatic rings. The lowest BCUT2D eigenvalue weighted by Gasteiger charge is -2.39. The first-order chi connectivity index (χ1) is 14.0. The van der Waals surface area contributed by atoms with Crippen LogP contribution in [0.15, 0.2) is 34.2 Å². The summed E-state index contributed by atoms with van der Waals surface area (Å²) in [5.41, 5.74) is 0.727. The van der Waals surface area contributed by atoms with E-state index in [0.29, 0.717) is 28.6 Å². The second-order valence-corrected chi connectivity index (χ2v) is 8.75. The molecule has 0 spiro atoms. The normalized spacial score (nSPS) is 19.9. The van der Waals surface area contributed by atoms with Crippen molar-refractivity contribution in [3.63, 3.8) is 0 Å². The number of hydrogen-bond donors (Lipinski definition) is 0. The van der Waals surface area contributed by atoms with Crippen molar-refractivity contribution in [1.82, 2.24) is 24.1 Å². The van der Waals surface area contributed by atoms with E-state index in [-0.39, 0.29) is 23.6 Å². The number of aromatic nitrogens is 4. The van der Waals surface area contributed by atoms with Gasteiger partial charge < -0.3 is 4.90 Å². The van der Waals surface area contributed by atoms with Gasteiger partial charge in [0.05, 0.1) is 16.7 Å². The van der Waals surface area contributed by atoms with Crippen molar-refractivity contribution in [3.05, 3.63) is 34.6 Å². The summed E-state index contributed by atoms with van der Waals surface area (Å²) in [6.45, 7) is 6.87. The molecule has 29 heavy (non-hydrogen) atoms. The van der Waals surface area contributed by atoms with Crippen LogP contribution < -0.4 is 5.56 Å². The Bertz CT molecular complexity index is 1100. The Balaban J connectivity index is 1.70. The third-order valence-electron chi connectivity index (χ3n) is 5.73. The first kappa shape index (κ1) is 19.9. The highest BCUT2D eigenvalue weighted by Gasteiger charge is 2.29. The van der Waals surface area contributed by atoms with Crippen molar-refractivity contribution >= 4 is 34.3 Å². The van der Waals surface area contributed by atoms with Gasteiger partial charge in [0.25, 0.3) is 5.56 Å². The number of aryl methyl sites for hydroxylation is 1. The van der Waals surface area contributed by atoms with Gasteiger partial charge in [-0.25, -0.2) is 0 Å². The van der Waals surface area contributed by atoms with Gasteiger partial charge in [0.15, 0.2) is 5.16 Å². The summed E-state index contributed by atoms with van der Waals surface area (Å²) in [6, 6.07) is 8.06. The number of para-hydroxylation sites is 1. The average Bonchev–Trinajstić information content (AvgIpc) is 3.13. The first-order valence-electron chi connectivity index (χ1n) is 10.3. The van der Waals surface area contributed by atoms with Gasteiger partial charge in [0.1, 0.15) is 0 Å². The van der Waals surface area contributed by atoms with Gasteiger partial charge in [0.2, 0.25) is 11.7 Å². The molecule has 8 heteroatoms. The van der Waals surface area contributed by atoms with E-state index < -0.39 is 0 Å². The molecule has 0 saturated carbocycles. The summed E-state index contributed by atoms with van der Waals surface area (Å²) < 4.78 is 3.59. The van der Waals surface area contributed by atoms with Crippen LogP contribution in [0.25, 0.3) is 16.7 Å². The predicted octanol–water partition coefficient (Wildman–Crippen LogP) is 3.34. The van der Waals surface area contributed by atoms with Crippen molar-refractivity contribution in [3.8, 4) is 0 Å². The monoisotopic (exact) mass is 413 g/mol. The third kappa shape index (κ3) is 3.54. The topological polar surface area (TPSA) is 72.5 Å². The SMILES string of the molecule is CCCn1c(=O)c2ccccc2n2c(SCC(=O)N3[C@H](C)CCC[C@H]3C)nnc12. The minimum Gasteiger partial charge on any atom is -0.337 e. The summed E-state index contributed by atoms with van der Waals surface area (Å²) >= 11 is 1.39. The molecule has 0 radical (unpaired) electrons. The molecule has 1 fully saturated rings. The molecule has 3 heterocycles. The van der Waals surface area contributed by atoms with Crippen LogP contribution in [0.3, 0.4) is 0 Å². The van der Waals surface area contributed by atoms with Crippen LogP contribution in [0.4, 0.5) is 0 Å². The number of amides is 1. The molecule has 154 valence electrons. The Kier molecular flexibility index (Phi) is 5.63. The highest BCUT2D eigenvalue weighted by atomic mass is 32.2. The molecule has 1 amide bonds. The molecular formula is C21H27N5O2S. The number of rotatable bonds is 5. The zero-order valence-corrected chi connectivity index (χ0v) is 18.0. The van der Waals surface area contributed by atoms with E-state index in [9.17, 15) is 9.59 Å². The number of carbonyl (C=O) groups excluding carboxylic acids is 1. The molecule has 1 aromatic carbocycles. The zero-order valence-electron chi connectivity index (χ0n) is 17.2. The molecule has 1 aliphatic heterocycles. The van der Waals surface area contributed by atoms with Gasteiger partial charge in [-0.2, -0.15) is 0 Å². The van der Waals surface area contributed by atoms with E-state index in [2.05, 4.69) is 24.0 Å². The summed E-state index contributed by atoms with van der Waals surface area (Å²) in [5.74, 6) is 0.985. The van der Waals surface area contributed by atoms with E-state index in [1.807, 2.05) is 40.5 Å². The quantitative estimate of drug-likeness (QED) is 0.600. The number of benzene rings is 1. The maximum atomic E-state index is 12.9. The van der Waals surface area contributed by atoms with E-state index in [1.165, 1.54) is 18.2 Å². The molecule has 4 rings (SSSR count). The smallest absolute Gasteiger partial charge is 0.262 e. The van der Waals surface area contributed by atoms with Crippen LogP contribution in [0.1, 0.15) is 46.5 Å². The number of likely N-dealkylation sites (tertiary alicyclic amines) is 1. The van der Waals surface area contributed by atoms with Gasteiger partial charge in [-0.05, 0) is 51.7 Å². The summed E-state index contributed by atoms with van der Waals surface area (Å²) in [4.78, 5) is 27.8. The third-order valence-corrected chi connectivity index (χ3v) is 6.65. The standard InChI is InChI=1S/C21H27N5O2S/c1-4-12-24-19(28)16-10-5-6-11-17(16)26-20(24)22-23-21(26)29-13-18(27)25-14(2)8-7-9-15(25)3/h5-6,10-11,14-15H,4,7-9,12-13H2,1-3H3/t14-,15-/m1/s1. The number of piperidine rings is 1. The van der Waals surface area contributed by atoms with Crippen molar-refractivity contribution in [2.75, 3.05) is 5.75 Å². The maximum absolute atomic E-state index is 12.9. The number of hydrogen-bond acceptors (Lipinski definition) is 5. The van der Waals surface area contributed by atoms with Crippen molar-refractivity contribution < 1.29 is 4.79 Å². The minimum absolute atomic E-state index is 0.0501. The highest BCUT2D eigenvalue weighted by Crippen LogP contribution is 2.26. The number of nitrogens with zero attached hydrogens (tertiary/aromatic N) is 5. The number of carbonyl (C=O) groups is 1. The van der Waals surface area contributed by atoms with Gasteiger partial charge in [-0.1, -0.05) is 30.8 Å². The fourth-order valence-corrected chi connectivity index (χ4v) is 5.18. The summed E-state index contributed by atoms with van der Waals surface area (Å²) in [7, 11) is 0. The Morgan fingerprint density at radius 3 is 2.62 bits per heavy atom. The second-order valence-electron chi connectivity index (χ2n) is 7.81. The Morgan fingerprint density at radius 2 is 1.90 bits per heavy atom. The van der Waals surface area contributed by atoms with E-state index in [4.69, 9.17) is 0 Å². The summed E-state index contributed by atoms with van der Waals surface area (Å²) in [6.07, 6.45) is 4.12. The fourth-order valence-electron chi connectivity index (χ4n) is 4.37. The highest BCUT2D eigenvalue weighted by molar-refractivity contribution is 7.99. The first-order valence-corrected chi connectivity index (χ1v) is 11.3. The van der Waals surface area contributed by atoms with Gasteiger partial charge in [-0.15, -0.1) is 10.2 Å². The predicted molar refractivity (Wildman–Crippen MR) is 115 cm³/mol.